The highest BCUT2D eigenvalue weighted by molar-refractivity contribution is 5.98. The van der Waals surface area contributed by atoms with E-state index in [-0.39, 0.29) is 23.5 Å². The number of hydrogen-bond acceptors (Lipinski definition) is 2. The summed E-state index contributed by atoms with van der Waals surface area (Å²) in [6.07, 6.45) is 2.09. The maximum absolute atomic E-state index is 12.4. The largest absolute Gasteiger partial charge is 0.296 e. The second kappa shape index (κ2) is 6.89. The van der Waals surface area contributed by atoms with Crippen molar-refractivity contribution < 1.29 is 14.0 Å². The van der Waals surface area contributed by atoms with Crippen molar-refractivity contribution in [2.45, 2.75) is 33.1 Å². The highest BCUT2D eigenvalue weighted by atomic mass is 19.1. The van der Waals surface area contributed by atoms with E-state index in [0.717, 1.165) is 12.0 Å². The fourth-order valence-corrected chi connectivity index (χ4v) is 1.56. The van der Waals surface area contributed by atoms with Crippen molar-refractivity contribution in [3.05, 3.63) is 35.6 Å². The fraction of sp³-hybridized carbons (Fsp3) is 0.429. The van der Waals surface area contributed by atoms with E-state index in [9.17, 15) is 14.0 Å². The van der Waals surface area contributed by atoms with Gasteiger partial charge in [-0.05, 0) is 30.5 Å². The topological polar surface area (TPSA) is 46.2 Å². The number of rotatable bonds is 1. The lowest BCUT2D eigenvalue weighted by Gasteiger charge is -2.15. The predicted molar refractivity (Wildman–Crippen MR) is 67.3 cm³/mol. The first-order valence-electron chi connectivity index (χ1n) is 6.11. The van der Waals surface area contributed by atoms with Crippen molar-refractivity contribution in [2.75, 3.05) is 0 Å². The summed E-state index contributed by atoms with van der Waals surface area (Å²) in [5.74, 6) is -0.401. The minimum absolute atomic E-state index is 0.0164. The van der Waals surface area contributed by atoms with E-state index >= 15 is 0 Å². The SMILES string of the molecule is CC1CCC(=O)NC1=O.CCc1cccc(F)c1. The first-order valence-corrected chi connectivity index (χ1v) is 6.11. The molecule has 1 N–H and O–H groups in total. The van der Waals surface area contributed by atoms with Gasteiger partial charge < -0.3 is 0 Å². The van der Waals surface area contributed by atoms with Gasteiger partial charge in [-0.25, -0.2) is 4.39 Å². The maximum atomic E-state index is 12.4. The summed E-state index contributed by atoms with van der Waals surface area (Å²) in [7, 11) is 0. The van der Waals surface area contributed by atoms with Gasteiger partial charge in [0, 0.05) is 12.3 Å². The highest BCUT2D eigenvalue weighted by Crippen LogP contribution is 2.09. The molecule has 0 bridgehead atoms. The first-order chi connectivity index (χ1) is 8.52. The van der Waals surface area contributed by atoms with Gasteiger partial charge in [-0.3, -0.25) is 14.9 Å². The molecule has 98 valence electrons. The summed E-state index contributed by atoms with van der Waals surface area (Å²) < 4.78 is 12.4. The zero-order valence-electron chi connectivity index (χ0n) is 10.7. The molecule has 1 aliphatic rings. The summed E-state index contributed by atoms with van der Waals surface area (Å²) in [6.45, 7) is 3.83. The Morgan fingerprint density at radius 3 is 2.56 bits per heavy atom. The number of amides is 2. The van der Waals surface area contributed by atoms with Gasteiger partial charge in [-0.1, -0.05) is 26.0 Å². The van der Waals surface area contributed by atoms with Crippen LogP contribution in [0, 0.1) is 11.7 Å². The zero-order chi connectivity index (χ0) is 13.5. The maximum Gasteiger partial charge on any atom is 0.229 e. The van der Waals surface area contributed by atoms with E-state index in [1.807, 2.05) is 19.9 Å². The first kappa shape index (κ1) is 14.4. The lowest BCUT2D eigenvalue weighted by Crippen LogP contribution is -2.39. The quantitative estimate of drug-likeness (QED) is 0.779. The Morgan fingerprint density at radius 2 is 2.11 bits per heavy atom. The van der Waals surface area contributed by atoms with E-state index in [1.54, 1.807) is 12.1 Å². The Balaban J connectivity index is 0.000000180. The second-order valence-electron chi connectivity index (χ2n) is 4.34. The Hall–Kier alpha value is -1.71. The molecule has 1 fully saturated rings. The van der Waals surface area contributed by atoms with Gasteiger partial charge in [0.15, 0.2) is 0 Å². The third-order valence-corrected chi connectivity index (χ3v) is 2.81. The van der Waals surface area contributed by atoms with Crippen LogP contribution in [0.25, 0.3) is 0 Å². The van der Waals surface area contributed by atoms with Crippen molar-refractivity contribution in [1.82, 2.24) is 5.32 Å². The van der Waals surface area contributed by atoms with E-state index in [4.69, 9.17) is 0 Å². The van der Waals surface area contributed by atoms with E-state index in [2.05, 4.69) is 5.32 Å². The molecule has 0 aliphatic carbocycles. The predicted octanol–water partition coefficient (Wildman–Crippen LogP) is 2.45. The van der Waals surface area contributed by atoms with Crippen molar-refractivity contribution >= 4 is 11.8 Å². The van der Waals surface area contributed by atoms with Crippen molar-refractivity contribution in [2.24, 2.45) is 5.92 Å². The Labute approximate surface area is 106 Å². The molecule has 1 heterocycles. The number of hydrogen-bond donors (Lipinski definition) is 1. The number of halogens is 1. The molecule has 4 heteroatoms. The van der Waals surface area contributed by atoms with Crippen LogP contribution in [0.15, 0.2) is 24.3 Å². The van der Waals surface area contributed by atoms with Crippen LogP contribution in [0.3, 0.4) is 0 Å². The number of imide groups is 1. The third kappa shape index (κ3) is 4.65. The van der Waals surface area contributed by atoms with E-state index in [0.29, 0.717) is 12.8 Å². The summed E-state index contributed by atoms with van der Waals surface area (Å²) in [6, 6.07) is 6.66. The molecule has 1 aromatic rings. The van der Waals surface area contributed by atoms with Crippen LogP contribution in [0.4, 0.5) is 4.39 Å². The zero-order valence-corrected chi connectivity index (χ0v) is 10.7. The van der Waals surface area contributed by atoms with Crippen LogP contribution in [0.5, 0.6) is 0 Å². The molecule has 1 saturated heterocycles. The Kier molecular flexibility index (Phi) is 5.49. The number of aryl methyl sites for hydroxylation is 1. The fourth-order valence-electron chi connectivity index (χ4n) is 1.56. The molecule has 1 aromatic carbocycles. The van der Waals surface area contributed by atoms with Crippen molar-refractivity contribution in [3.8, 4) is 0 Å². The van der Waals surface area contributed by atoms with Crippen LogP contribution >= 0.6 is 0 Å². The molecule has 18 heavy (non-hydrogen) atoms. The molecule has 0 radical (unpaired) electrons. The molecule has 0 saturated carbocycles. The van der Waals surface area contributed by atoms with E-state index in [1.165, 1.54) is 6.07 Å². The van der Waals surface area contributed by atoms with Gasteiger partial charge >= 0.3 is 0 Å². The number of benzene rings is 1. The molecule has 1 atom stereocenters. The monoisotopic (exact) mass is 251 g/mol. The molecule has 1 unspecified atom stereocenters. The average Bonchev–Trinajstić information content (AvgIpc) is 2.35. The van der Waals surface area contributed by atoms with Crippen LogP contribution in [-0.4, -0.2) is 11.8 Å². The van der Waals surface area contributed by atoms with Gasteiger partial charge in [0.2, 0.25) is 11.8 Å². The number of carbonyl (C=O) groups is 2. The Morgan fingerprint density at radius 1 is 1.39 bits per heavy atom. The summed E-state index contributed by atoms with van der Waals surface area (Å²) in [4.78, 5) is 21.2. The van der Waals surface area contributed by atoms with Gasteiger partial charge in [0.1, 0.15) is 5.82 Å². The minimum atomic E-state index is -0.144. The molecule has 2 rings (SSSR count). The number of piperidine rings is 1. The lowest BCUT2D eigenvalue weighted by molar-refractivity contribution is -0.135. The van der Waals surface area contributed by atoms with Gasteiger partial charge in [-0.15, -0.1) is 0 Å². The summed E-state index contributed by atoms with van der Waals surface area (Å²) >= 11 is 0. The second-order valence-corrected chi connectivity index (χ2v) is 4.34. The highest BCUT2D eigenvalue weighted by Gasteiger charge is 2.21. The van der Waals surface area contributed by atoms with Crippen molar-refractivity contribution in [3.63, 3.8) is 0 Å². The molecule has 1 aliphatic heterocycles. The van der Waals surface area contributed by atoms with Crippen LogP contribution < -0.4 is 5.32 Å². The molecule has 2 amide bonds. The van der Waals surface area contributed by atoms with Gasteiger partial charge in [0.05, 0.1) is 0 Å². The summed E-state index contributed by atoms with van der Waals surface area (Å²) in [5.41, 5.74) is 1.05. The van der Waals surface area contributed by atoms with Crippen molar-refractivity contribution in [1.29, 1.82) is 0 Å². The summed E-state index contributed by atoms with van der Waals surface area (Å²) in [5, 5.41) is 2.25. The standard InChI is InChI=1S/C8H9F.C6H9NO2/c1-2-7-4-3-5-8(9)6-7;1-4-2-3-5(8)7-6(4)9/h3-6H,2H2,1H3;4H,2-3H2,1H3,(H,7,8,9). The molecule has 0 aromatic heterocycles. The number of nitrogens with one attached hydrogen (secondary N) is 1. The molecule has 0 spiro atoms. The van der Waals surface area contributed by atoms with Crippen LogP contribution in [0.2, 0.25) is 0 Å². The molecular formula is C14H18FNO2. The van der Waals surface area contributed by atoms with E-state index < -0.39 is 0 Å². The molecular weight excluding hydrogens is 233 g/mol. The number of carbonyl (C=O) groups excluding carboxylic acids is 2. The minimum Gasteiger partial charge on any atom is -0.296 e. The van der Waals surface area contributed by atoms with Crippen LogP contribution in [0.1, 0.15) is 32.3 Å². The van der Waals surface area contributed by atoms with Gasteiger partial charge in [-0.2, -0.15) is 0 Å². The van der Waals surface area contributed by atoms with Gasteiger partial charge in [0.25, 0.3) is 0 Å². The Bertz CT molecular complexity index is 432. The van der Waals surface area contributed by atoms with Crippen LogP contribution in [-0.2, 0) is 16.0 Å². The average molecular weight is 251 g/mol. The normalized spacial score (nSPS) is 18.7. The third-order valence-electron chi connectivity index (χ3n) is 2.81. The molecule has 3 nitrogen and oxygen atoms in total. The lowest BCUT2D eigenvalue weighted by atomic mass is 10.0. The smallest absolute Gasteiger partial charge is 0.229 e.